The van der Waals surface area contributed by atoms with E-state index in [0.29, 0.717) is 10.3 Å². The SMILES string of the molecule is O=C(Nc1cccc(-c2nccs2)c1)c1cccc(Br)n1. The van der Waals surface area contributed by atoms with Gasteiger partial charge in [-0.05, 0) is 40.2 Å². The molecule has 6 heteroatoms. The Morgan fingerprint density at radius 1 is 1.19 bits per heavy atom. The molecule has 0 spiro atoms. The van der Waals surface area contributed by atoms with Crippen molar-refractivity contribution < 1.29 is 4.79 Å². The fraction of sp³-hybridized carbons (Fsp3) is 0. The van der Waals surface area contributed by atoms with Gasteiger partial charge in [-0.1, -0.05) is 18.2 Å². The molecule has 2 aromatic heterocycles. The highest BCUT2D eigenvalue weighted by molar-refractivity contribution is 9.10. The number of pyridine rings is 1. The number of anilines is 1. The summed E-state index contributed by atoms with van der Waals surface area (Å²) in [7, 11) is 0. The number of hydrogen-bond donors (Lipinski definition) is 1. The number of nitrogens with zero attached hydrogens (tertiary/aromatic N) is 2. The highest BCUT2D eigenvalue weighted by Crippen LogP contribution is 2.24. The van der Waals surface area contributed by atoms with Crippen molar-refractivity contribution in [3.63, 3.8) is 0 Å². The molecule has 1 N–H and O–H groups in total. The zero-order valence-corrected chi connectivity index (χ0v) is 13.2. The summed E-state index contributed by atoms with van der Waals surface area (Å²) in [5, 5.41) is 5.69. The fourth-order valence-corrected chi connectivity index (χ4v) is 2.80. The van der Waals surface area contributed by atoms with Gasteiger partial charge in [-0.2, -0.15) is 0 Å². The van der Waals surface area contributed by atoms with Crippen LogP contribution in [0.5, 0.6) is 0 Å². The summed E-state index contributed by atoms with van der Waals surface area (Å²) >= 11 is 4.82. The molecule has 0 fully saturated rings. The van der Waals surface area contributed by atoms with Crippen molar-refractivity contribution in [3.8, 4) is 10.6 Å². The molecule has 0 saturated carbocycles. The molecule has 0 radical (unpaired) electrons. The number of thiazole rings is 1. The van der Waals surface area contributed by atoms with Gasteiger partial charge >= 0.3 is 0 Å². The van der Waals surface area contributed by atoms with E-state index >= 15 is 0 Å². The predicted octanol–water partition coefficient (Wildman–Crippen LogP) is 4.22. The molecule has 21 heavy (non-hydrogen) atoms. The van der Waals surface area contributed by atoms with Crippen molar-refractivity contribution in [2.24, 2.45) is 0 Å². The van der Waals surface area contributed by atoms with Crippen molar-refractivity contribution >= 4 is 38.9 Å². The van der Waals surface area contributed by atoms with E-state index in [9.17, 15) is 4.79 Å². The lowest BCUT2D eigenvalue weighted by Gasteiger charge is -2.06. The summed E-state index contributed by atoms with van der Waals surface area (Å²) in [5.74, 6) is -0.243. The molecule has 3 aromatic rings. The van der Waals surface area contributed by atoms with Crippen LogP contribution in [0.4, 0.5) is 5.69 Å². The minimum absolute atomic E-state index is 0.243. The van der Waals surface area contributed by atoms with E-state index < -0.39 is 0 Å². The standard InChI is InChI=1S/C15H10BrN3OS/c16-13-6-2-5-12(19-13)14(20)18-11-4-1-3-10(9-11)15-17-7-8-21-15/h1-9H,(H,18,20). The van der Waals surface area contributed by atoms with Gasteiger partial charge < -0.3 is 5.32 Å². The number of halogens is 1. The molecule has 1 aromatic carbocycles. The van der Waals surface area contributed by atoms with Gasteiger partial charge in [0.2, 0.25) is 0 Å². The number of benzene rings is 1. The molecule has 0 aliphatic carbocycles. The van der Waals surface area contributed by atoms with Crippen molar-refractivity contribution in [2.45, 2.75) is 0 Å². The predicted molar refractivity (Wildman–Crippen MR) is 87.4 cm³/mol. The van der Waals surface area contributed by atoms with Crippen LogP contribution in [-0.2, 0) is 0 Å². The molecule has 1 amide bonds. The Hall–Kier alpha value is -2.05. The minimum Gasteiger partial charge on any atom is -0.321 e. The molecule has 0 saturated heterocycles. The number of amides is 1. The average Bonchev–Trinajstić information content (AvgIpc) is 3.02. The third-order valence-corrected chi connectivity index (χ3v) is 4.01. The van der Waals surface area contributed by atoms with E-state index in [2.05, 4.69) is 31.2 Å². The van der Waals surface area contributed by atoms with Crippen molar-refractivity contribution in [2.75, 3.05) is 5.32 Å². The lowest BCUT2D eigenvalue weighted by atomic mass is 10.2. The Balaban J connectivity index is 1.82. The number of nitrogens with one attached hydrogen (secondary N) is 1. The highest BCUT2D eigenvalue weighted by atomic mass is 79.9. The van der Waals surface area contributed by atoms with E-state index in [0.717, 1.165) is 16.3 Å². The van der Waals surface area contributed by atoms with Gasteiger partial charge in [0.1, 0.15) is 15.3 Å². The van der Waals surface area contributed by atoms with E-state index in [1.165, 1.54) is 0 Å². The fourth-order valence-electron chi connectivity index (χ4n) is 1.83. The summed E-state index contributed by atoms with van der Waals surface area (Å²) in [6, 6.07) is 12.8. The maximum Gasteiger partial charge on any atom is 0.274 e. The van der Waals surface area contributed by atoms with Gasteiger partial charge in [-0.15, -0.1) is 11.3 Å². The smallest absolute Gasteiger partial charge is 0.274 e. The molecular weight excluding hydrogens is 350 g/mol. The van der Waals surface area contributed by atoms with Gasteiger partial charge in [-0.3, -0.25) is 4.79 Å². The number of rotatable bonds is 3. The Morgan fingerprint density at radius 3 is 2.81 bits per heavy atom. The topological polar surface area (TPSA) is 54.9 Å². The Bertz CT molecular complexity index is 774. The molecule has 0 atom stereocenters. The molecular formula is C15H10BrN3OS. The summed E-state index contributed by atoms with van der Waals surface area (Å²) in [5.41, 5.74) is 2.06. The van der Waals surface area contributed by atoms with Crippen molar-refractivity contribution in [1.29, 1.82) is 0 Å². The van der Waals surface area contributed by atoms with Crippen LogP contribution in [0, 0.1) is 0 Å². The van der Waals surface area contributed by atoms with Crippen LogP contribution in [0.15, 0.2) is 58.6 Å². The molecule has 0 unspecified atom stereocenters. The van der Waals surface area contributed by atoms with Crippen LogP contribution < -0.4 is 5.32 Å². The second kappa shape index (κ2) is 6.15. The maximum atomic E-state index is 12.2. The number of carbonyl (C=O) groups excluding carboxylic acids is 1. The largest absolute Gasteiger partial charge is 0.321 e. The Labute approximate surface area is 134 Å². The lowest BCUT2D eigenvalue weighted by molar-refractivity contribution is 0.102. The zero-order valence-electron chi connectivity index (χ0n) is 10.8. The molecule has 4 nitrogen and oxygen atoms in total. The first-order valence-electron chi connectivity index (χ1n) is 6.16. The van der Waals surface area contributed by atoms with Crippen LogP contribution in [-0.4, -0.2) is 15.9 Å². The van der Waals surface area contributed by atoms with Crippen molar-refractivity contribution in [1.82, 2.24) is 9.97 Å². The third kappa shape index (κ3) is 3.34. The van der Waals surface area contributed by atoms with Crippen LogP contribution in [0.3, 0.4) is 0 Å². The Morgan fingerprint density at radius 2 is 2.05 bits per heavy atom. The second-order valence-corrected chi connectivity index (χ2v) is 5.92. The second-order valence-electron chi connectivity index (χ2n) is 4.22. The quantitative estimate of drug-likeness (QED) is 0.712. The first-order chi connectivity index (χ1) is 10.2. The van der Waals surface area contributed by atoms with Gasteiger partial charge in [0.05, 0.1) is 0 Å². The van der Waals surface area contributed by atoms with E-state index in [1.807, 2.05) is 29.6 Å². The average molecular weight is 360 g/mol. The number of aromatic nitrogens is 2. The molecule has 2 heterocycles. The van der Waals surface area contributed by atoms with E-state index in [4.69, 9.17) is 0 Å². The van der Waals surface area contributed by atoms with Crippen molar-refractivity contribution in [3.05, 3.63) is 64.3 Å². The van der Waals surface area contributed by atoms with Gasteiger partial charge in [0.25, 0.3) is 5.91 Å². The lowest BCUT2D eigenvalue weighted by Crippen LogP contribution is -2.13. The van der Waals surface area contributed by atoms with Crippen LogP contribution in [0.25, 0.3) is 10.6 Å². The summed E-state index contributed by atoms with van der Waals surface area (Å²) < 4.78 is 0.631. The Kier molecular flexibility index (Phi) is 4.08. The summed E-state index contributed by atoms with van der Waals surface area (Å²) in [4.78, 5) is 20.6. The zero-order chi connectivity index (χ0) is 14.7. The number of hydrogen-bond acceptors (Lipinski definition) is 4. The summed E-state index contributed by atoms with van der Waals surface area (Å²) in [6.07, 6.45) is 1.76. The van der Waals surface area contributed by atoms with Crippen LogP contribution in [0.2, 0.25) is 0 Å². The monoisotopic (exact) mass is 359 g/mol. The first kappa shape index (κ1) is 13.9. The first-order valence-corrected chi connectivity index (χ1v) is 7.83. The molecule has 3 rings (SSSR count). The van der Waals surface area contributed by atoms with E-state index in [-0.39, 0.29) is 5.91 Å². The number of carbonyl (C=O) groups is 1. The van der Waals surface area contributed by atoms with Gasteiger partial charge in [0, 0.05) is 22.8 Å². The highest BCUT2D eigenvalue weighted by Gasteiger charge is 2.09. The minimum atomic E-state index is -0.243. The van der Waals surface area contributed by atoms with Crippen LogP contribution in [0.1, 0.15) is 10.5 Å². The summed E-state index contributed by atoms with van der Waals surface area (Å²) in [6.45, 7) is 0. The van der Waals surface area contributed by atoms with Gasteiger partial charge in [-0.25, -0.2) is 9.97 Å². The molecule has 0 aliphatic heterocycles. The normalized spacial score (nSPS) is 10.3. The third-order valence-electron chi connectivity index (χ3n) is 2.75. The molecule has 0 aliphatic rings. The maximum absolute atomic E-state index is 12.2. The van der Waals surface area contributed by atoms with E-state index in [1.54, 1.807) is 35.7 Å². The molecule has 0 bridgehead atoms. The molecule has 104 valence electrons. The van der Waals surface area contributed by atoms with Crippen LogP contribution >= 0.6 is 27.3 Å². The van der Waals surface area contributed by atoms with Gasteiger partial charge in [0.15, 0.2) is 0 Å².